The van der Waals surface area contributed by atoms with Gasteiger partial charge in [-0.3, -0.25) is 19.9 Å². The van der Waals surface area contributed by atoms with Crippen LogP contribution in [-0.2, 0) is 24.9 Å². The van der Waals surface area contributed by atoms with Gasteiger partial charge in [0.15, 0.2) is 11.5 Å². The fourth-order valence-electron chi connectivity index (χ4n) is 3.69. The van der Waals surface area contributed by atoms with Gasteiger partial charge < -0.3 is 10.2 Å². The molecule has 6 nitrogen and oxygen atoms in total. The fourth-order valence-corrected chi connectivity index (χ4v) is 3.69. The van der Waals surface area contributed by atoms with E-state index in [4.69, 9.17) is 5.11 Å². The van der Waals surface area contributed by atoms with E-state index < -0.39 is 0 Å². The van der Waals surface area contributed by atoms with E-state index in [1.54, 1.807) is 6.07 Å². The van der Waals surface area contributed by atoms with Gasteiger partial charge in [0.05, 0.1) is 22.8 Å². The Labute approximate surface area is 256 Å². The first-order valence-corrected chi connectivity index (χ1v) is 13.2. The normalized spacial score (nSPS) is 10.3. The van der Waals surface area contributed by atoms with Gasteiger partial charge in [0.25, 0.3) is 0 Å². The Hall–Kier alpha value is -3.96. The summed E-state index contributed by atoms with van der Waals surface area (Å²) in [5, 5.41) is 18.3. The predicted octanol–water partition coefficient (Wildman–Crippen LogP) is 7.91. The van der Waals surface area contributed by atoms with E-state index in [1.807, 2.05) is 79.4 Å². The zero-order valence-electron chi connectivity index (χ0n) is 24.7. The second-order valence-electron chi connectivity index (χ2n) is 10.8. The van der Waals surface area contributed by atoms with Crippen molar-refractivity contribution in [2.45, 2.75) is 53.9 Å². The zero-order chi connectivity index (χ0) is 29.3. The zero-order valence-corrected chi connectivity index (χ0v) is 26.4. The molecule has 0 aliphatic rings. The minimum absolute atomic E-state index is 0. The maximum Gasteiger partial charge on any atom is 0.157 e. The van der Waals surface area contributed by atoms with Gasteiger partial charge in [-0.2, -0.15) is 0 Å². The Kier molecular flexibility index (Phi) is 12.3. The summed E-state index contributed by atoms with van der Waals surface area (Å²) >= 11 is 0. The van der Waals surface area contributed by atoms with Crippen molar-refractivity contribution in [2.24, 2.45) is 0 Å². The molecule has 5 aromatic rings. The van der Waals surface area contributed by atoms with Crippen LogP contribution in [0.3, 0.4) is 0 Å². The van der Waals surface area contributed by atoms with Crippen molar-refractivity contribution in [3.8, 4) is 34.3 Å². The third-order valence-corrected chi connectivity index (χ3v) is 6.03. The fraction of sp³-hybridized carbons (Fsp3) is 0.235. The maximum atomic E-state index is 9.21. The molecular weight excluding hydrogens is 597 g/mol. The average molecular weight is 636 g/mol. The Bertz CT molecular complexity index is 1390. The molecule has 0 spiro atoms. The number of aryl methyl sites for hydroxylation is 4. The van der Waals surface area contributed by atoms with E-state index in [1.165, 1.54) is 28.3 Å². The summed E-state index contributed by atoms with van der Waals surface area (Å²) in [5.41, 5.74) is 9.60. The van der Waals surface area contributed by atoms with Gasteiger partial charge in [-0.15, -0.1) is 0 Å². The molecule has 4 heterocycles. The molecule has 0 unspecified atom stereocenters. The number of benzene rings is 1. The van der Waals surface area contributed by atoms with Gasteiger partial charge in [-0.25, -0.2) is 0 Å². The molecule has 0 aliphatic heterocycles. The van der Waals surface area contributed by atoms with Crippen LogP contribution in [0.1, 0.15) is 48.6 Å². The van der Waals surface area contributed by atoms with Crippen molar-refractivity contribution < 1.29 is 29.7 Å². The Morgan fingerprint density at radius 3 is 1.02 bits per heavy atom. The summed E-state index contributed by atoms with van der Waals surface area (Å²) in [6, 6.07) is 21.0. The smallest absolute Gasteiger partial charge is 0.157 e. The second-order valence-corrected chi connectivity index (χ2v) is 10.8. The third kappa shape index (κ3) is 10.5. The Morgan fingerprint density at radius 2 is 0.780 bits per heavy atom. The predicted molar refractivity (Wildman–Crippen MR) is 162 cm³/mol. The number of aromatic hydroxyl groups is 2. The quantitative estimate of drug-likeness (QED) is 0.151. The van der Waals surface area contributed by atoms with Crippen LogP contribution in [0.25, 0.3) is 22.8 Å². The minimum Gasteiger partial charge on any atom is -0.504 e. The van der Waals surface area contributed by atoms with Crippen LogP contribution in [0.15, 0.2) is 91.5 Å². The van der Waals surface area contributed by atoms with E-state index >= 15 is 0 Å². The van der Waals surface area contributed by atoms with Crippen molar-refractivity contribution in [1.29, 1.82) is 0 Å². The van der Waals surface area contributed by atoms with Crippen LogP contribution in [0.2, 0.25) is 0 Å². The van der Waals surface area contributed by atoms with Crippen molar-refractivity contribution in [2.75, 3.05) is 0 Å². The summed E-state index contributed by atoms with van der Waals surface area (Å²) in [6.07, 6.45) is 7.26. The van der Waals surface area contributed by atoms with E-state index in [2.05, 4.69) is 68.4 Å². The second kappa shape index (κ2) is 15.2. The van der Waals surface area contributed by atoms with Gasteiger partial charge in [0.2, 0.25) is 0 Å². The summed E-state index contributed by atoms with van der Waals surface area (Å²) in [6.45, 7) is 14.4. The van der Waals surface area contributed by atoms with E-state index in [0.717, 1.165) is 28.3 Å². The van der Waals surface area contributed by atoms with Crippen molar-refractivity contribution in [3.05, 3.63) is 119 Å². The molecule has 0 bridgehead atoms. The third-order valence-electron chi connectivity index (χ3n) is 6.03. The van der Waals surface area contributed by atoms with Crippen LogP contribution < -0.4 is 0 Å². The van der Waals surface area contributed by atoms with E-state index in [-0.39, 0.29) is 36.4 Å². The average Bonchev–Trinajstić information content (AvgIpc) is 2.90. The first-order valence-electron chi connectivity index (χ1n) is 13.2. The largest absolute Gasteiger partial charge is 0.504 e. The molecule has 214 valence electrons. The topological polar surface area (TPSA) is 92.0 Å². The minimum atomic E-state index is -0.0667. The number of phenolic OH excluding ortho intramolecular Hbond substituents is 2. The van der Waals surface area contributed by atoms with Crippen LogP contribution in [0, 0.1) is 27.7 Å². The monoisotopic (exact) mass is 636 g/mol. The number of hydrogen-bond acceptors (Lipinski definition) is 6. The Balaban J connectivity index is 0.000000213. The molecule has 0 atom stereocenters. The van der Waals surface area contributed by atoms with Crippen molar-refractivity contribution in [1.82, 2.24) is 19.9 Å². The molecule has 7 heteroatoms. The molecule has 1 aromatic carbocycles. The SMILES string of the molecule is CC(C)(C)c1ccc(O)c(O)c1.Cc1ccnc(-c2cc(C)ccn2)c1.Cc1ccnc(-c2cc(C)ccn2)c1.[Ru]. The molecule has 2 N–H and O–H groups in total. The number of nitrogens with zero attached hydrogens (tertiary/aromatic N) is 4. The molecule has 0 aliphatic carbocycles. The molecular formula is C34H38N4O2Ru. The summed E-state index contributed by atoms with van der Waals surface area (Å²) in [5.74, 6) is -0.120. The molecule has 0 amide bonds. The van der Waals surface area contributed by atoms with Crippen LogP contribution in [0.4, 0.5) is 0 Å². The maximum absolute atomic E-state index is 9.21. The Morgan fingerprint density at radius 1 is 0.463 bits per heavy atom. The molecule has 0 saturated heterocycles. The van der Waals surface area contributed by atoms with Crippen LogP contribution in [-0.4, -0.2) is 30.1 Å². The van der Waals surface area contributed by atoms with Gasteiger partial charge in [-0.05, 0) is 122 Å². The van der Waals surface area contributed by atoms with E-state index in [9.17, 15) is 5.11 Å². The summed E-state index contributed by atoms with van der Waals surface area (Å²) < 4.78 is 0. The number of aromatic nitrogens is 4. The van der Waals surface area contributed by atoms with Gasteiger partial charge >= 0.3 is 0 Å². The molecule has 5 rings (SSSR count). The van der Waals surface area contributed by atoms with Gasteiger partial charge in [0.1, 0.15) is 0 Å². The molecule has 4 aromatic heterocycles. The summed E-state index contributed by atoms with van der Waals surface area (Å²) in [7, 11) is 0. The molecule has 0 radical (unpaired) electrons. The standard InChI is InChI=1S/2C12H12N2.C10H14O2.Ru/c2*1-9-3-5-13-11(7-9)12-8-10(2)4-6-14-12;1-10(2,3)7-4-5-8(11)9(12)6-7;/h2*3-8H,1-2H3;4-6,11-12H,1-3H3;. The molecule has 0 fully saturated rings. The van der Waals surface area contributed by atoms with Crippen LogP contribution in [0.5, 0.6) is 11.5 Å². The van der Waals surface area contributed by atoms with E-state index in [0.29, 0.717) is 0 Å². The van der Waals surface area contributed by atoms with Crippen molar-refractivity contribution in [3.63, 3.8) is 0 Å². The van der Waals surface area contributed by atoms with Crippen LogP contribution >= 0.6 is 0 Å². The summed E-state index contributed by atoms with van der Waals surface area (Å²) in [4.78, 5) is 17.2. The number of hydrogen-bond donors (Lipinski definition) is 2. The number of pyridine rings is 4. The molecule has 0 saturated carbocycles. The van der Waals surface area contributed by atoms with Crippen molar-refractivity contribution >= 4 is 0 Å². The first-order chi connectivity index (χ1) is 18.9. The number of rotatable bonds is 2. The number of phenols is 2. The first kappa shape index (κ1) is 33.3. The van der Waals surface area contributed by atoms with Gasteiger partial charge in [0, 0.05) is 44.3 Å². The molecule has 41 heavy (non-hydrogen) atoms. The van der Waals surface area contributed by atoms with Gasteiger partial charge in [-0.1, -0.05) is 26.8 Å².